The van der Waals surface area contributed by atoms with E-state index in [2.05, 4.69) is 53.9 Å². The molecule has 0 spiro atoms. The number of unbranched alkanes of at least 4 members (excludes halogenated alkanes) is 1. The van der Waals surface area contributed by atoms with E-state index in [1.54, 1.807) is 6.33 Å². The van der Waals surface area contributed by atoms with E-state index in [1.807, 2.05) is 24.5 Å². The lowest BCUT2D eigenvalue weighted by atomic mass is 9.80. The molecule has 0 radical (unpaired) electrons. The third-order valence-electron chi connectivity index (χ3n) is 6.83. The number of rotatable bonds is 7. The van der Waals surface area contributed by atoms with E-state index in [9.17, 15) is 10.2 Å². The molecule has 0 bridgehead atoms. The Hall–Kier alpha value is -2.61. The van der Waals surface area contributed by atoms with Crippen molar-refractivity contribution < 1.29 is 10.2 Å². The van der Waals surface area contributed by atoms with Crippen LogP contribution in [0.2, 0.25) is 0 Å². The van der Waals surface area contributed by atoms with Crippen LogP contribution in [0.4, 0.5) is 5.95 Å². The standard InChI is InChI=1S/C23H30N7O2P.C2H6/c1-2-3-8-29-14-24-17-11-16(4-5-18(17)29)19-20-21(30(33)15-25-20)27-22(26-19)28-9-6-23(12-31,13-32)7-10-28;1-2/h4-5,11,14-15,31-32H,2-3,6-10,12-13,33H2,1H3;1-2H3. The van der Waals surface area contributed by atoms with Crippen LogP contribution in [-0.2, 0) is 6.54 Å². The van der Waals surface area contributed by atoms with Crippen LogP contribution in [0.25, 0.3) is 33.5 Å². The topological polar surface area (TPSA) is 105 Å². The fourth-order valence-electron chi connectivity index (χ4n) is 4.51. The van der Waals surface area contributed by atoms with Gasteiger partial charge in [0.1, 0.15) is 17.5 Å². The summed E-state index contributed by atoms with van der Waals surface area (Å²) in [5.41, 5.74) is 4.86. The maximum atomic E-state index is 9.75. The van der Waals surface area contributed by atoms with E-state index in [4.69, 9.17) is 9.97 Å². The first-order valence-corrected chi connectivity index (χ1v) is 13.0. The average molecular weight is 498 g/mol. The summed E-state index contributed by atoms with van der Waals surface area (Å²) in [7, 11) is 2.63. The molecule has 4 heterocycles. The highest BCUT2D eigenvalue weighted by molar-refractivity contribution is 7.14. The van der Waals surface area contributed by atoms with E-state index in [0.717, 1.165) is 52.8 Å². The van der Waals surface area contributed by atoms with Crippen molar-refractivity contribution in [1.82, 2.24) is 28.8 Å². The van der Waals surface area contributed by atoms with Crippen LogP contribution in [-0.4, -0.2) is 65.4 Å². The van der Waals surface area contributed by atoms with E-state index < -0.39 is 5.41 Å². The van der Waals surface area contributed by atoms with Gasteiger partial charge in [0.15, 0.2) is 5.65 Å². The fraction of sp³-hybridized carbons (Fsp3) is 0.520. The lowest BCUT2D eigenvalue weighted by Gasteiger charge is -2.39. The summed E-state index contributed by atoms with van der Waals surface area (Å²) in [5.74, 6) is 0.639. The highest BCUT2D eigenvalue weighted by atomic mass is 31.0. The molecular formula is C25H36N7O2P. The SMILES string of the molecule is CC.CCCCn1cnc2cc(-c3nc(N4CCC(CO)(CO)CC4)nc4c3ncn4P)ccc21. The van der Waals surface area contributed by atoms with Gasteiger partial charge in [-0.2, -0.15) is 4.98 Å². The Morgan fingerprint density at radius 2 is 1.77 bits per heavy atom. The second-order valence-electron chi connectivity index (χ2n) is 8.99. The minimum absolute atomic E-state index is 0.00816. The maximum Gasteiger partial charge on any atom is 0.228 e. The number of aliphatic hydroxyl groups is 2. The molecule has 4 aromatic rings. The second kappa shape index (κ2) is 11.0. The van der Waals surface area contributed by atoms with Crippen molar-refractivity contribution >= 4 is 37.5 Å². The molecule has 1 aromatic carbocycles. The molecule has 1 aliphatic rings. The van der Waals surface area contributed by atoms with Gasteiger partial charge in [-0.15, -0.1) is 0 Å². The van der Waals surface area contributed by atoms with Gasteiger partial charge < -0.3 is 19.7 Å². The zero-order valence-corrected chi connectivity index (χ0v) is 22.0. The molecule has 1 aliphatic heterocycles. The molecule has 1 atom stereocenters. The number of piperidine rings is 1. The van der Waals surface area contributed by atoms with Crippen LogP contribution >= 0.6 is 9.39 Å². The molecule has 1 saturated heterocycles. The first-order chi connectivity index (χ1) is 17.1. The minimum atomic E-state index is -0.423. The van der Waals surface area contributed by atoms with Gasteiger partial charge in [0.05, 0.1) is 30.6 Å². The Morgan fingerprint density at radius 3 is 2.46 bits per heavy atom. The van der Waals surface area contributed by atoms with E-state index in [1.165, 1.54) is 0 Å². The molecule has 9 nitrogen and oxygen atoms in total. The normalized spacial score (nSPS) is 15.4. The molecule has 5 rings (SSSR count). The van der Waals surface area contributed by atoms with Crippen LogP contribution in [0.3, 0.4) is 0 Å². The smallest absolute Gasteiger partial charge is 0.228 e. The Balaban J connectivity index is 0.00000141. The van der Waals surface area contributed by atoms with Gasteiger partial charge in [0.2, 0.25) is 5.95 Å². The number of hydrogen-bond acceptors (Lipinski definition) is 7. The predicted molar refractivity (Wildman–Crippen MR) is 143 cm³/mol. The Labute approximate surface area is 208 Å². The summed E-state index contributed by atoms with van der Waals surface area (Å²) in [5, 5.41) is 19.5. The predicted octanol–water partition coefficient (Wildman–Crippen LogP) is 3.88. The van der Waals surface area contributed by atoms with Gasteiger partial charge >= 0.3 is 0 Å². The molecule has 10 heteroatoms. The first-order valence-electron chi connectivity index (χ1n) is 12.5. The fourth-order valence-corrected chi connectivity index (χ4v) is 4.76. The van der Waals surface area contributed by atoms with Gasteiger partial charge in [0.25, 0.3) is 0 Å². The number of anilines is 1. The van der Waals surface area contributed by atoms with Crippen LogP contribution in [0.1, 0.15) is 46.5 Å². The third-order valence-corrected chi connectivity index (χ3v) is 7.21. The van der Waals surface area contributed by atoms with Crippen molar-refractivity contribution in [2.45, 2.75) is 53.0 Å². The van der Waals surface area contributed by atoms with Crippen molar-refractivity contribution in [2.24, 2.45) is 5.41 Å². The van der Waals surface area contributed by atoms with Gasteiger partial charge in [0, 0.05) is 30.6 Å². The quantitative estimate of drug-likeness (QED) is 0.373. The first kappa shape index (κ1) is 25.5. The number of nitrogens with zero attached hydrogens (tertiary/aromatic N) is 7. The van der Waals surface area contributed by atoms with E-state index >= 15 is 0 Å². The van der Waals surface area contributed by atoms with E-state index in [-0.39, 0.29) is 13.2 Å². The molecular weight excluding hydrogens is 461 g/mol. The molecule has 2 N–H and O–H groups in total. The molecule has 0 aliphatic carbocycles. The van der Waals surface area contributed by atoms with Crippen LogP contribution in [0.5, 0.6) is 0 Å². The van der Waals surface area contributed by atoms with Gasteiger partial charge in [-0.1, -0.05) is 33.3 Å². The van der Waals surface area contributed by atoms with Gasteiger partial charge in [-0.25, -0.2) is 15.0 Å². The van der Waals surface area contributed by atoms with Crippen molar-refractivity contribution in [2.75, 3.05) is 31.2 Å². The van der Waals surface area contributed by atoms with Gasteiger partial charge in [-0.3, -0.25) is 4.34 Å². The number of hydrogen-bond donors (Lipinski definition) is 2. The van der Waals surface area contributed by atoms with Crippen molar-refractivity contribution in [3.05, 3.63) is 30.9 Å². The zero-order valence-electron chi connectivity index (χ0n) is 20.9. The van der Waals surface area contributed by atoms with Crippen LogP contribution < -0.4 is 4.90 Å². The number of aliphatic hydroxyl groups excluding tert-OH is 2. The van der Waals surface area contributed by atoms with Gasteiger partial charge in [-0.05, 0) is 40.8 Å². The highest BCUT2D eigenvalue weighted by Gasteiger charge is 2.34. The molecule has 188 valence electrons. The monoisotopic (exact) mass is 497 g/mol. The summed E-state index contributed by atoms with van der Waals surface area (Å²) in [6.07, 6.45) is 7.29. The number of imidazole rings is 2. The van der Waals surface area contributed by atoms with Crippen molar-refractivity contribution in [3.63, 3.8) is 0 Å². The number of fused-ring (bicyclic) bond motifs is 2. The molecule has 3 aromatic heterocycles. The number of benzene rings is 1. The molecule has 1 fully saturated rings. The summed E-state index contributed by atoms with van der Waals surface area (Å²) in [6.45, 7) is 8.49. The number of aryl methyl sites for hydroxylation is 1. The van der Waals surface area contributed by atoms with Crippen molar-refractivity contribution in [3.8, 4) is 11.3 Å². The third kappa shape index (κ3) is 4.90. The van der Waals surface area contributed by atoms with E-state index in [0.29, 0.717) is 31.9 Å². The minimum Gasteiger partial charge on any atom is -0.396 e. The van der Waals surface area contributed by atoms with Crippen LogP contribution in [0.15, 0.2) is 30.9 Å². The Bertz CT molecular complexity index is 1270. The molecule has 35 heavy (non-hydrogen) atoms. The lowest BCUT2D eigenvalue weighted by Crippen LogP contribution is -2.44. The Morgan fingerprint density at radius 1 is 1.03 bits per heavy atom. The largest absolute Gasteiger partial charge is 0.396 e. The molecule has 0 amide bonds. The maximum absolute atomic E-state index is 9.75. The summed E-state index contributed by atoms with van der Waals surface area (Å²) < 4.78 is 4.03. The summed E-state index contributed by atoms with van der Waals surface area (Å²) in [6, 6.07) is 6.26. The summed E-state index contributed by atoms with van der Waals surface area (Å²) in [4.78, 5) is 21.0. The highest BCUT2D eigenvalue weighted by Crippen LogP contribution is 2.34. The molecule has 0 saturated carbocycles. The lowest BCUT2D eigenvalue weighted by molar-refractivity contribution is 0.0338. The molecule has 1 unspecified atom stereocenters. The second-order valence-corrected chi connectivity index (χ2v) is 9.55. The average Bonchev–Trinajstić information content (AvgIpc) is 3.50. The zero-order chi connectivity index (χ0) is 25.0. The Kier molecular flexibility index (Phi) is 7.99. The number of aromatic nitrogens is 6. The summed E-state index contributed by atoms with van der Waals surface area (Å²) >= 11 is 0. The van der Waals surface area contributed by atoms with Crippen molar-refractivity contribution in [1.29, 1.82) is 0 Å². The van der Waals surface area contributed by atoms with Crippen LogP contribution in [0, 0.1) is 5.41 Å².